The third kappa shape index (κ3) is 3.44. The summed E-state index contributed by atoms with van der Waals surface area (Å²) < 4.78 is 0. The van der Waals surface area contributed by atoms with Crippen LogP contribution in [0.4, 0.5) is 0 Å². The number of aryl methyl sites for hydroxylation is 2. The van der Waals surface area contributed by atoms with Crippen molar-refractivity contribution in [1.29, 1.82) is 0 Å². The number of rotatable bonds is 5. The standard InChI is InChI=1S/C22H28O4/c1-13-7-15(11-23)9-18(21(13)25)20(17-5-3-4-6-17)19-10-16(12-24)8-14(2)22(19)26/h7-10,17,20,23-26H,3-6,11-12H2,1-2H3. The minimum absolute atomic E-state index is 0.0901. The van der Waals surface area contributed by atoms with Gasteiger partial charge in [-0.25, -0.2) is 0 Å². The van der Waals surface area contributed by atoms with Crippen LogP contribution in [-0.4, -0.2) is 20.4 Å². The lowest BCUT2D eigenvalue weighted by Crippen LogP contribution is -2.14. The van der Waals surface area contributed by atoms with Gasteiger partial charge in [-0.3, -0.25) is 0 Å². The Morgan fingerprint density at radius 2 is 1.23 bits per heavy atom. The Balaban J connectivity index is 2.23. The summed E-state index contributed by atoms with van der Waals surface area (Å²) in [7, 11) is 0. The van der Waals surface area contributed by atoms with Gasteiger partial charge in [-0.2, -0.15) is 0 Å². The van der Waals surface area contributed by atoms with Crippen LogP contribution in [0, 0.1) is 19.8 Å². The van der Waals surface area contributed by atoms with Gasteiger partial charge in [-0.15, -0.1) is 0 Å². The Bertz CT molecular complexity index is 732. The first kappa shape index (κ1) is 18.7. The molecule has 0 aromatic heterocycles. The molecule has 3 rings (SSSR count). The zero-order valence-corrected chi connectivity index (χ0v) is 15.5. The monoisotopic (exact) mass is 356 g/mol. The van der Waals surface area contributed by atoms with Gasteiger partial charge in [0, 0.05) is 17.0 Å². The largest absolute Gasteiger partial charge is 0.507 e. The van der Waals surface area contributed by atoms with Crippen LogP contribution in [0.15, 0.2) is 24.3 Å². The van der Waals surface area contributed by atoms with E-state index in [-0.39, 0.29) is 30.6 Å². The number of phenolic OH excluding ortho intramolecular Hbond substituents is 2. The van der Waals surface area contributed by atoms with E-state index in [1.54, 1.807) is 12.1 Å². The predicted octanol–water partition coefficient (Wildman–Crippen LogP) is 4.02. The SMILES string of the molecule is Cc1cc(CO)cc(C(c2cc(CO)cc(C)c2O)C2CCCC2)c1O. The summed E-state index contributed by atoms with van der Waals surface area (Å²) in [5.74, 6) is 0.609. The topological polar surface area (TPSA) is 80.9 Å². The van der Waals surface area contributed by atoms with Crippen molar-refractivity contribution in [3.8, 4) is 11.5 Å². The minimum atomic E-state index is -0.159. The lowest BCUT2D eigenvalue weighted by atomic mass is 9.77. The average molecular weight is 356 g/mol. The molecule has 1 aliphatic carbocycles. The van der Waals surface area contributed by atoms with Crippen LogP contribution in [0.25, 0.3) is 0 Å². The molecule has 0 radical (unpaired) electrons. The van der Waals surface area contributed by atoms with E-state index >= 15 is 0 Å². The van der Waals surface area contributed by atoms with E-state index in [2.05, 4.69) is 0 Å². The van der Waals surface area contributed by atoms with Gasteiger partial charge in [0.15, 0.2) is 0 Å². The molecule has 0 atom stereocenters. The second-order valence-corrected chi connectivity index (χ2v) is 7.54. The number of phenols is 2. The van der Waals surface area contributed by atoms with E-state index in [4.69, 9.17) is 0 Å². The molecule has 2 aromatic carbocycles. The maximum Gasteiger partial charge on any atom is 0.122 e. The summed E-state index contributed by atoms with van der Waals surface area (Å²) in [6.45, 7) is 3.48. The van der Waals surface area contributed by atoms with Gasteiger partial charge in [0.1, 0.15) is 11.5 Å². The first-order valence-corrected chi connectivity index (χ1v) is 9.32. The third-order valence-electron chi connectivity index (χ3n) is 5.69. The first-order valence-electron chi connectivity index (χ1n) is 9.32. The Morgan fingerprint density at radius 3 is 1.62 bits per heavy atom. The molecule has 0 spiro atoms. The molecule has 0 aliphatic heterocycles. The molecule has 0 amide bonds. The van der Waals surface area contributed by atoms with Crippen molar-refractivity contribution >= 4 is 0 Å². The number of aromatic hydroxyl groups is 2. The maximum absolute atomic E-state index is 10.8. The van der Waals surface area contributed by atoms with Crippen molar-refractivity contribution < 1.29 is 20.4 Å². The molecule has 2 aromatic rings. The van der Waals surface area contributed by atoms with Crippen molar-refractivity contribution in [2.24, 2.45) is 5.92 Å². The highest BCUT2D eigenvalue weighted by Crippen LogP contribution is 2.48. The molecular weight excluding hydrogens is 328 g/mol. The van der Waals surface area contributed by atoms with Gasteiger partial charge < -0.3 is 20.4 Å². The summed E-state index contributed by atoms with van der Waals surface area (Å²) in [6.07, 6.45) is 4.35. The highest BCUT2D eigenvalue weighted by molar-refractivity contribution is 5.54. The molecule has 26 heavy (non-hydrogen) atoms. The molecular formula is C22H28O4. The van der Waals surface area contributed by atoms with Gasteiger partial charge in [0.25, 0.3) is 0 Å². The molecule has 1 fully saturated rings. The van der Waals surface area contributed by atoms with Gasteiger partial charge in [-0.05, 0) is 67.0 Å². The molecule has 140 valence electrons. The number of aliphatic hydroxyl groups excluding tert-OH is 2. The first-order chi connectivity index (χ1) is 12.5. The summed E-state index contributed by atoms with van der Waals surface area (Å²) >= 11 is 0. The Kier molecular flexibility index (Phi) is 5.54. The molecule has 0 heterocycles. The molecule has 4 heteroatoms. The smallest absolute Gasteiger partial charge is 0.122 e. The number of aliphatic hydroxyl groups is 2. The Morgan fingerprint density at radius 1 is 0.808 bits per heavy atom. The van der Waals surface area contributed by atoms with E-state index < -0.39 is 0 Å². The molecule has 4 nitrogen and oxygen atoms in total. The van der Waals surface area contributed by atoms with Crippen molar-refractivity contribution in [3.63, 3.8) is 0 Å². The molecule has 0 saturated heterocycles. The summed E-state index contributed by atoms with van der Waals surface area (Å²) in [4.78, 5) is 0. The van der Waals surface area contributed by atoms with Crippen LogP contribution < -0.4 is 0 Å². The Hall–Kier alpha value is -2.04. The zero-order valence-electron chi connectivity index (χ0n) is 15.5. The van der Waals surface area contributed by atoms with Crippen molar-refractivity contribution in [2.45, 2.75) is 58.7 Å². The van der Waals surface area contributed by atoms with Crippen molar-refractivity contribution in [1.82, 2.24) is 0 Å². The van der Waals surface area contributed by atoms with Gasteiger partial charge in [0.05, 0.1) is 13.2 Å². The number of hydrogen-bond acceptors (Lipinski definition) is 4. The zero-order chi connectivity index (χ0) is 18.8. The summed E-state index contributed by atoms with van der Waals surface area (Å²) in [6, 6.07) is 7.29. The van der Waals surface area contributed by atoms with E-state index in [9.17, 15) is 20.4 Å². The van der Waals surface area contributed by atoms with Crippen LogP contribution in [-0.2, 0) is 13.2 Å². The third-order valence-corrected chi connectivity index (χ3v) is 5.69. The molecule has 4 N–H and O–H groups in total. The average Bonchev–Trinajstić information content (AvgIpc) is 3.16. The van der Waals surface area contributed by atoms with Gasteiger partial charge >= 0.3 is 0 Å². The Labute approximate surface area is 154 Å². The van der Waals surface area contributed by atoms with Gasteiger partial charge in [0.2, 0.25) is 0 Å². The summed E-state index contributed by atoms with van der Waals surface area (Å²) in [5, 5.41) is 40.8. The van der Waals surface area contributed by atoms with E-state index in [0.717, 1.165) is 59.1 Å². The maximum atomic E-state index is 10.8. The molecule has 0 unspecified atom stereocenters. The normalized spacial score (nSPS) is 15.1. The minimum Gasteiger partial charge on any atom is -0.507 e. The lowest BCUT2D eigenvalue weighted by Gasteiger charge is -2.28. The van der Waals surface area contributed by atoms with Crippen LogP contribution in [0.3, 0.4) is 0 Å². The van der Waals surface area contributed by atoms with Crippen LogP contribution in [0.5, 0.6) is 11.5 Å². The van der Waals surface area contributed by atoms with Crippen LogP contribution in [0.1, 0.15) is 65.0 Å². The fourth-order valence-corrected chi connectivity index (χ4v) is 4.39. The predicted molar refractivity (Wildman–Crippen MR) is 101 cm³/mol. The second kappa shape index (κ2) is 7.68. The number of hydrogen-bond donors (Lipinski definition) is 4. The highest BCUT2D eigenvalue weighted by atomic mass is 16.3. The fourth-order valence-electron chi connectivity index (χ4n) is 4.39. The van der Waals surface area contributed by atoms with E-state index in [1.807, 2.05) is 26.0 Å². The highest BCUT2D eigenvalue weighted by Gasteiger charge is 2.32. The second-order valence-electron chi connectivity index (χ2n) is 7.54. The summed E-state index contributed by atoms with van der Waals surface area (Å²) in [5.41, 5.74) is 4.48. The van der Waals surface area contributed by atoms with E-state index in [1.165, 1.54) is 0 Å². The molecule has 0 bridgehead atoms. The van der Waals surface area contributed by atoms with E-state index in [0.29, 0.717) is 5.92 Å². The lowest BCUT2D eigenvalue weighted by molar-refractivity contribution is 0.281. The molecule has 1 aliphatic rings. The van der Waals surface area contributed by atoms with Crippen molar-refractivity contribution in [2.75, 3.05) is 0 Å². The van der Waals surface area contributed by atoms with Gasteiger partial charge in [-0.1, -0.05) is 25.0 Å². The molecule has 1 saturated carbocycles. The fraction of sp³-hybridized carbons (Fsp3) is 0.455. The van der Waals surface area contributed by atoms with Crippen molar-refractivity contribution in [3.05, 3.63) is 57.6 Å². The quantitative estimate of drug-likeness (QED) is 0.652. The van der Waals surface area contributed by atoms with Crippen LogP contribution in [0.2, 0.25) is 0 Å². The van der Waals surface area contributed by atoms with Crippen LogP contribution >= 0.6 is 0 Å². The number of benzene rings is 2.